The summed E-state index contributed by atoms with van der Waals surface area (Å²) in [6, 6.07) is 7.82. The van der Waals surface area contributed by atoms with Crippen LogP contribution in [0.5, 0.6) is 0 Å². The minimum atomic E-state index is -3.94. The third-order valence-corrected chi connectivity index (χ3v) is 6.10. The smallest absolute Gasteiger partial charge is 0.276 e. The van der Waals surface area contributed by atoms with Gasteiger partial charge in [0, 0.05) is 23.0 Å². The number of hydrogen-bond donors (Lipinski definition) is 2. The molecular weight excluding hydrogens is 414 g/mol. The molecule has 0 fully saturated rings. The molecule has 0 atom stereocenters. The van der Waals surface area contributed by atoms with E-state index < -0.39 is 27.6 Å². The van der Waals surface area contributed by atoms with Gasteiger partial charge < -0.3 is 5.32 Å². The molecule has 1 amide bonds. The number of hydrogen-bond acceptors (Lipinski definition) is 4. The molecule has 2 aromatic carbocycles. The number of halogens is 2. The van der Waals surface area contributed by atoms with E-state index in [0.717, 1.165) is 29.8 Å². The molecule has 0 spiro atoms. The van der Waals surface area contributed by atoms with Crippen LogP contribution in [0.3, 0.4) is 0 Å². The fourth-order valence-corrected chi connectivity index (χ4v) is 4.43. The molecule has 0 bridgehead atoms. The van der Waals surface area contributed by atoms with Crippen molar-refractivity contribution in [2.24, 2.45) is 5.14 Å². The lowest BCUT2D eigenvalue weighted by Crippen LogP contribution is -2.17. The minimum absolute atomic E-state index is 0.0853. The highest BCUT2D eigenvalue weighted by Crippen LogP contribution is 2.29. The van der Waals surface area contributed by atoms with Crippen LogP contribution in [-0.4, -0.2) is 24.1 Å². The van der Waals surface area contributed by atoms with Crippen LogP contribution >= 0.6 is 0 Å². The first-order valence-corrected chi connectivity index (χ1v) is 10.7. The molecular formula is C20H18F2N4O3S. The van der Waals surface area contributed by atoms with E-state index in [-0.39, 0.29) is 16.3 Å². The van der Waals surface area contributed by atoms with Crippen LogP contribution in [0.1, 0.15) is 33.7 Å². The van der Waals surface area contributed by atoms with Gasteiger partial charge in [0.2, 0.25) is 10.0 Å². The third-order valence-electron chi connectivity index (χ3n) is 5.05. The van der Waals surface area contributed by atoms with Crippen molar-refractivity contribution in [3.63, 3.8) is 0 Å². The summed E-state index contributed by atoms with van der Waals surface area (Å²) in [5, 5.41) is 12.2. The van der Waals surface area contributed by atoms with Crippen LogP contribution in [0.25, 0.3) is 5.69 Å². The van der Waals surface area contributed by atoms with Crippen LogP contribution in [0.15, 0.2) is 41.3 Å². The minimum Gasteiger partial charge on any atom is -0.321 e. The topological polar surface area (TPSA) is 107 Å². The van der Waals surface area contributed by atoms with Gasteiger partial charge in [-0.1, -0.05) is 6.07 Å². The SMILES string of the molecule is Cc1ccc(NC(=O)c2nn(-c3ccc(F)c(F)c3)c3c2CCC3)cc1S(N)(=O)=O. The highest BCUT2D eigenvalue weighted by molar-refractivity contribution is 7.89. The number of aryl methyl sites for hydroxylation is 1. The largest absolute Gasteiger partial charge is 0.321 e. The number of fused-ring (bicyclic) bond motifs is 1. The summed E-state index contributed by atoms with van der Waals surface area (Å²) >= 11 is 0. The molecule has 3 N–H and O–H groups in total. The second-order valence-electron chi connectivity index (χ2n) is 7.12. The summed E-state index contributed by atoms with van der Waals surface area (Å²) < 4.78 is 51.9. The quantitative estimate of drug-likeness (QED) is 0.661. The maximum Gasteiger partial charge on any atom is 0.276 e. The predicted molar refractivity (Wildman–Crippen MR) is 106 cm³/mol. The number of nitrogens with one attached hydrogen (secondary N) is 1. The van der Waals surface area contributed by atoms with Gasteiger partial charge in [-0.15, -0.1) is 0 Å². The number of sulfonamides is 1. The van der Waals surface area contributed by atoms with Gasteiger partial charge in [0.05, 0.1) is 10.6 Å². The number of amides is 1. The zero-order valence-corrected chi connectivity index (χ0v) is 16.8. The van der Waals surface area contributed by atoms with Gasteiger partial charge in [0.1, 0.15) is 0 Å². The molecule has 7 nitrogen and oxygen atoms in total. The van der Waals surface area contributed by atoms with Crippen LogP contribution in [0.2, 0.25) is 0 Å². The maximum atomic E-state index is 13.7. The number of carbonyl (C=O) groups is 1. The number of carbonyl (C=O) groups excluding carboxylic acids is 1. The van der Waals surface area contributed by atoms with Crippen molar-refractivity contribution in [3.05, 3.63) is 70.5 Å². The Morgan fingerprint density at radius 2 is 1.90 bits per heavy atom. The Morgan fingerprint density at radius 1 is 1.13 bits per heavy atom. The Balaban J connectivity index is 1.70. The summed E-state index contributed by atoms with van der Waals surface area (Å²) in [5.74, 6) is -2.50. The fraction of sp³-hybridized carbons (Fsp3) is 0.200. The molecule has 0 unspecified atom stereocenters. The molecule has 156 valence electrons. The van der Waals surface area contributed by atoms with E-state index in [1.807, 2.05) is 0 Å². The van der Waals surface area contributed by atoms with Gasteiger partial charge in [-0.2, -0.15) is 5.10 Å². The van der Waals surface area contributed by atoms with Gasteiger partial charge in [0.15, 0.2) is 17.3 Å². The Morgan fingerprint density at radius 3 is 2.60 bits per heavy atom. The molecule has 3 aromatic rings. The zero-order chi connectivity index (χ0) is 21.6. The second kappa shape index (κ2) is 7.29. The summed E-state index contributed by atoms with van der Waals surface area (Å²) in [4.78, 5) is 12.8. The summed E-state index contributed by atoms with van der Waals surface area (Å²) in [5.41, 5.74) is 2.68. The van der Waals surface area contributed by atoms with Gasteiger partial charge in [0.25, 0.3) is 5.91 Å². The van der Waals surface area contributed by atoms with Gasteiger partial charge in [-0.25, -0.2) is 27.0 Å². The fourth-order valence-electron chi connectivity index (χ4n) is 3.62. The van der Waals surface area contributed by atoms with Gasteiger partial charge in [-0.05, 0) is 56.0 Å². The molecule has 10 heteroatoms. The molecule has 0 radical (unpaired) electrons. The van der Waals surface area contributed by atoms with Crippen molar-refractivity contribution in [1.29, 1.82) is 0 Å². The molecule has 1 heterocycles. The van der Waals surface area contributed by atoms with Crippen LogP contribution < -0.4 is 10.5 Å². The average molecular weight is 432 g/mol. The van der Waals surface area contributed by atoms with E-state index in [2.05, 4.69) is 10.4 Å². The predicted octanol–water partition coefficient (Wildman–Crippen LogP) is 2.85. The highest BCUT2D eigenvalue weighted by atomic mass is 32.2. The molecule has 1 aromatic heterocycles. The number of nitrogens with two attached hydrogens (primary N) is 1. The maximum absolute atomic E-state index is 13.7. The average Bonchev–Trinajstić information content (AvgIpc) is 3.27. The standard InChI is InChI=1S/C20H18F2N4O3S/c1-11-5-6-12(9-18(11)30(23,28)29)24-20(27)19-14-3-2-4-17(14)26(25-19)13-7-8-15(21)16(22)10-13/h5-10H,2-4H2,1H3,(H,24,27)(H2,23,28,29). The normalized spacial score (nSPS) is 13.3. The second-order valence-corrected chi connectivity index (χ2v) is 8.65. The first-order valence-electron chi connectivity index (χ1n) is 9.16. The van der Waals surface area contributed by atoms with E-state index in [1.165, 1.54) is 16.8 Å². The van der Waals surface area contributed by atoms with Crippen molar-refractivity contribution < 1.29 is 22.0 Å². The van der Waals surface area contributed by atoms with Crippen LogP contribution in [0.4, 0.5) is 14.5 Å². The number of aromatic nitrogens is 2. The summed E-state index contributed by atoms with van der Waals surface area (Å²) in [6.07, 6.45) is 2.07. The first-order chi connectivity index (χ1) is 14.1. The zero-order valence-electron chi connectivity index (χ0n) is 15.9. The van der Waals surface area contributed by atoms with Crippen molar-refractivity contribution in [2.75, 3.05) is 5.32 Å². The Hall–Kier alpha value is -3.11. The third kappa shape index (κ3) is 3.59. The van der Waals surface area contributed by atoms with Crippen LogP contribution in [0, 0.1) is 18.6 Å². The van der Waals surface area contributed by atoms with Crippen molar-refractivity contribution in [3.8, 4) is 5.69 Å². The Labute approximate surface area is 171 Å². The molecule has 0 saturated carbocycles. The monoisotopic (exact) mass is 432 g/mol. The summed E-state index contributed by atoms with van der Waals surface area (Å²) in [7, 11) is -3.94. The van der Waals surface area contributed by atoms with E-state index in [1.54, 1.807) is 19.1 Å². The molecule has 1 aliphatic rings. The van der Waals surface area contributed by atoms with Crippen molar-refractivity contribution >= 4 is 21.6 Å². The lowest BCUT2D eigenvalue weighted by molar-refractivity contribution is 0.102. The van der Waals surface area contributed by atoms with Crippen molar-refractivity contribution in [2.45, 2.75) is 31.1 Å². The van der Waals surface area contributed by atoms with Crippen molar-refractivity contribution in [1.82, 2.24) is 9.78 Å². The molecule has 0 aliphatic heterocycles. The van der Waals surface area contributed by atoms with Gasteiger partial charge in [-0.3, -0.25) is 4.79 Å². The molecule has 4 rings (SSSR count). The summed E-state index contributed by atoms with van der Waals surface area (Å²) in [6.45, 7) is 1.60. The molecule has 30 heavy (non-hydrogen) atoms. The van der Waals surface area contributed by atoms with E-state index in [9.17, 15) is 22.0 Å². The van der Waals surface area contributed by atoms with E-state index in [4.69, 9.17) is 5.14 Å². The molecule has 1 aliphatic carbocycles. The number of benzene rings is 2. The van der Waals surface area contributed by atoms with E-state index in [0.29, 0.717) is 24.1 Å². The highest BCUT2D eigenvalue weighted by Gasteiger charge is 2.27. The number of nitrogens with zero attached hydrogens (tertiary/aromatic N) is 2. The molecule has 0 saturated heterocycles. The number of anilines is 1. The lowest BCUT2D eigenvalue weighted by Gasteiger charge is -2.09. The van der Waals surface area contributed by atoms with E-state index >= 15 is 0 Å². The lowest BCUT2D eigenvalue weighted by atomic mass is 10.2. The van der Waals surface area contributed by atoms with Crippen LogP contribution in [-0.2, 0) is 22.9 Å². The Bertz CT molecular complexity index is 1290. The van der Waals surface area contributed by atoms with Gasteiger partial charge >= 0.3 is 0 Å². The number of primary sulfonamides is 1. The number of rotatable bonds is 4. The first kappa shape index (κ1) is 20.2. The Kier molecular flexibility index (Phi) is 4.91.